The fraction of sp³-hybridized carbons (Fsp3) is 0.440. The molecule has 3 atom stereocenters. The minimum atomic E-state index is -1.08. The highest BCUT2D eigenvalue weighted by Gasteiger charge is 2.32. The second-order valence-electron chi connectivity index (χ2n) is 8.72. The third-order valence-corrected chi connectivity index (χ3v) is 6.28. The van der Waals surface area contributed by atoms with Crippen LogP contribution in [-0.4, -0.2) is 63.7 Å². The van der Waals surface area contributed by atoms with Gasteiger partial charge in [-0.2, -0.15) is 0 Å². The first-order valence-corrected chi connectivity index (χ1v) is 11.6. The van der Waals surface area contributed by atoms with Crippen LogP contribution >= 0.6 is 11.6 Å². The summed E-state index contributed by atoms with van der Waals surface area (Å²) < 4.78 is 18.9. The van der Waals surface area contributed by atoms with Crippen molar-refractivity contribution in [1.29, 1.82) is 0 Å². The lowest BCUT2D eigenvalue weighted by molar-refractivity contribution is -0.139. The molecule has 1 unspecified atom stereocenters. The summed E-state index contributed by atoms with van der Waals surface area (Å²) in [6, 6.07) is 11.2. The molecule has 3 rings (SSSR count). The monoisotopic (exact) mass is 492 g/mol. The predicted octanol–water partition coefficient (Wildman–Crippen LogP) is 3.88. The van der Waals surface area contributed by atoms with Crippen LogP contribution in [0.5, 0.6) is 5.75 Å². The molecule has 1 fully saturated rings. The summed E-state index contributed by atoms with van der Waals surface area (Å²) in [6.45, 7) is 5.68. The number of halogens is 2. The third-order valence-electron chi connectivity index (χ3n) is 6.05. The third kappa shape index (κ3) is 6.91. The molecule has 184 valence electrons. The number of benzene rings is 2. The van der Waals surface area contributed by atoms with Crippen LogP contribution in [0.25, 0.3) is 0 Å². The molecule has 7 nitrogen and oxygen atoms in total. The molecule has 0 aliphatic carbocycles. The predicted molar refractivity (Wildman–Crippen MR) is 126 cm³/mol. The Morgan fingerprint density at radius 3 is 2.53 bits per heavy atom. The molecule has 2 aromatic carbocycles. The van der Waals surface area contributed by atoms with Gasteiger partial charge in [0, 0.05) is 48.7 Å². The summed E-state index contributed by atoms with van der Waals surface area (Å²) in [6.07, 6.45) is -1.28. The Kier molecular flexibility index (Phi) is 8.88. The molecule has 34 heavy (non-hydrogen) atoms. The first-order valence-electron chi connectivity index (χ1n) is 11.2. The second-order valence-corrected chi connectivity index (χ2v) is 9.16. The Bertz CT molecular complexity index is 1000. The topological polar surface area (TPSA) is 90.3 Å². The standard InChI is InChI=1S/C25H30ClFN2O5/c1-16-13-29(17(2)12-28(16)14-18-3-6-20(27)7-4-18)24(31)15-34-23-9-5-19(26)11-21(23)22(30)8-10-25(32)33/h3-7,9,11,16-17,22,30H,8,10,12-15H2,1-2H3,(H,32,33)/t16-,17+,22?/m0/s1. The van der Waals surface area contributed by atoms with Crippen LogP contribution in [0, 0.1) is 5.82 Å². The molecule has 0 radical (unpaired) electrons. The SMILES string of the molecule is C[C@@H]1CN(Cc2ccc(F)cc2)[C@@H](C)CN1C(=O)COc1ccc(Cl)cc1C(O)CCC(=O)O. The Morgan fingerprint density at radius 1 is 1.15 bits per heavy atom. The van der Waals surface area contributed by atoms with E-state index < -0.39 is 12.1 Å². The minimum absolute atomic E-state index is 0.00451. The van der Waals surface area contributed by atoms with E-state index in [1.54, 1.807) is 29.2 Å². The van der Waals surface area contributed by atoms with Gasteiger partial charge in [-0.15, -0.1) is 0 Å². The minimum Gasteiger partial charge on any atom is -0.483 e. The molecule has 0 aromatic heterocycles. The van der Waals surface area contributed by atoms with Crippen molar-refractivity contribution >= 4 is 23.5 Å². The fourth-order valence-corrected chi connectivity index (χ4v) is 4.32. The number of nitrogens with zero attached hydrogens (tertiary/aromatic N) is 2. The second kappa shape index (κ2) is 11.6. The van der Waals surface area contributed by atoms with Gasteiger partial charge in [0.1, 0.15) is 11.6 Å². The first kappa shape index (κ1) is 25.9. The fourth-order valence-electron chi connectivity index (χ4n) is 4.14. The number of amides is 1. The number of rotatable bonds is 9. The lowest BCUT2D eigenvalue weighted by Crippen LogP contribution is -2.58. The van der Waals surface area contributed by atoms with Crippen molar-refractivity contribution in [2.24, 2.45) is 0 Å². The number of aliphatic hydroxyl groups is 1. The summed E-state index contributed by atoms with van der Waals surface area (Å²) in [5, 5.41) is 19.7. The van der Waals surface area contributed by atoms with Crippen LogP contribution < -0.4 is 4.74 Å². The van der Waals surface area contributed by atoms with E-state index in [-0.39, 0.29) is 43.3 Å². The Morgan fingerprint density at radius 2 is 1.85 bits per heavy atom. The molecule has 2 aromatic rings. The van der Waals surface area contributed by atoms with Crippen molar-refractivity contribution in [2.45, 2.75) is 51.4 Å². The average molecular weight is 493 g/mol. The number of carboxylic acid groups (broad SMARTS) is 1. The van der Waals surface area contributed by atoms with Gasteiger partial charge in [-0.25, -0.2) is 4.39 Å². The number of carboxylic acids is 1. The van der Waals surface area contributed by atoms with Crippen molar-refractivity contribution in [2.75, 3.05) is 19.7 Å². The van der Waals surface area contributed by atoms with Crippen molar-refractivity contribution < 1.29 is 28.9 Å². The van der Waals surface area contributed by atoms with E-state index in [1.807, 2.05) is 13.8 Å². The van der Waals surface area contributed by atoms with Crippen molar-refractivity contribution in [3.05, 3.63) is 64.4 Å². The number of aliphatic carboxylic acids is 1. The Balaban J connectivity index is 1.60. The van der Waals surface area contributed by atoms with Gasteiger partial charge < -0.3 is 19.8 Å². The molecule has 0 spiro atoms. The van der Waals surface area contributed by atoms with Crippen LogP contribution in [0.2, 0.25) is 5.02 Å². The van der Waals surface area contributed by atoms with Crippen molar-refractivity contribution in [3.8, 4) is 5.75 Å². The summed E-state index contributed by atoms with van der Waals surface area (Å²) in [7, 11) is 0. The van der Waals surface area contributed by atoms with Gasteiger partial charge in [0.05, 0.1) is 6.10 Å². The zero-order chi connectivity index (χ0) is 24.8. The van der Waals surface area contributed by atoms with E-state index in [2.05, 4.69) is 4.90 Å². The van der Waals surface area contributed by atoms with Crippen LogP contribution in [0.3, 0.4) is 0 Å². The molecule has 1 amide bonds. The van der Waals surface area contributed by atoms with E-state index in [0.717, 1.165) is 5.56 Å². The molecular weight excluding hydrogens is 463 g/mol. The Labute approximate surface area is 203 Å². The number of ether oxygens (including phenoxy) is 1. The highest BCUT2D eigenvalue weighted by Crippen LogP contribution is 2.31. The molecule has 9 heteroatoms. The number of hydrogen-bond donors (Lipinski definition) is 2. The molecular formula is C25H30ClFN2O5. The van der Waals surface area contributed by atoms with E-state index in [4.69, 9.17) is 21.4 Å². The van der Waals surface area contributed by atoms with E-state index in [0.29, 0.717) is 36.0 Å². The summed E-state index contributed by atoms with van der Waals surface area (Å²) in [5.41, 5.74) is 1.37. The van der Waals surface area contributed by atoms with Gasteiger partial charge >= 0.3 is 5.97 Å². The molecule has 1 heterocycles. The molecule has 1 saturated heterocycles. The van der Waals surface area contributed by atoms with E-state index >= 15 is 0 Å². The first-order chi connectivity index (χ1) is 16.1. The van der Waals surface area contributed by atoms with E-state index in [9.17, 15) is 19.1 Å². The Hall–Kier alpha value is -2.68. The summed E-state index contributed by atoms with van der Waals surface area (Å²) in [4.78, 5) is 27.8. The summed E-state index contributed by atoms with van der Waals surface area (Å²) in [5.74, 6) is -1.16. The summed E-state index contributed by atoms with van der Waals surface area (Å²) >= 11 is 6.04. The van der Waals surface area contributed by atoms with Gasteiger partial charge in [0.25, 0.3) is 5.91 Å². The zero-order valence-corrected chi connectivity index (χ0v) is 20.0. The molecule has 0 bridgehead atoms. The van der Waals surface area contributed by atoms with Crippen LogP contribution in [0.4, 0.5) is 4.39 Å². The molecule has 2 N–H and O–H groups in total. The maximum atomic E-state index is 13.2. The average Bonchev–Trinajstić information content (AvgIpc) is 2.80. The van der Waals surface area contributed by atoms with Crippen LogP contribution in [0.15, 0.2) is 42.5 Å². The molecule has 1 aliphatic rings. The number of piperazine rings is 1. The van der Waals surface area contributed by atoms with Gasteiger partial charge in [0.15, 0.2) is 6.61 Å². The normalized spacial score (nSPS) is 19.6. The van der Waals surface area contributed by atoms with Crippen molar-refractivity contribution in [3.63, 3.8) is 0 Å². The van der Waals surface area contributed by atoms with Crippen LogP contribution in [-0.2, 0) is 16.1 Å². The highest BCUT2D eigenvalue weighted by molar-refractivity contribution is 6.30. The lowest BCUT2D eigenvalue weighted by atomic mass is 10.0. The maximum absolute atomic E-state index is 13.2. The van der Waals surface area contributed by atoms with Crippen LogP contribution in [0.1, 0.15) is 43.9 Å². The smallest absolute Gasteiger partial charge is 0.303 e. The molecule has 0 saturated carbocycles. The largest absolute Gasteiger partial charge is 0.483 e. The van der Waals surface area contributed by atoms with Gasteiger partial charge in [-0.1, -0.05) is 23.7 Å². The van der Waals surface area contributed by atoms with E-state index in [1.165, 1.54) is 18.2 Å². The quantitative estimate of drug-likeness (QED) is 0.552. The zero-order valence-electron chi connectivity index (χ0n) is 19.3. The number of aliphatic hydroxyl groups excluding tert-OH is 1. The highest BCUT2D eigenvalue weighted by atomic mass is 35.5. The molecule has 1 aliphatic heterocycles. The van der Waals surface area contributed by atoms with Gasteiger partial charge in [-0.3, -0.25) is 14.5 Å². The van der Waals surface area contributed by atoms with Gasteiger partial charge in [0.2, 0.25) is 0 Å². The number of carbonyl (C=O) groups excluding carboxylic acids is 1. The number of carbonyl (C=O) groups is 2. The number of hydrogen-bond acceptors (Lipinski definition) is 5. The van der Waals surface area contributed by atoms with Crippen molar-refractivity contribution in [1.82, 2.24) is 9.80 Å². The van der Waals surface area contributed by atoms with Gasteiger partial charge in [-0.05, 0) is 56.2 Å². The lowest BCUT2D eigenvalue weighted by Gasteiger charge is -2.44. The maximum Gasteiger partial charge on any atom is 0.303 e.